The van der Waals surface area contributed by atoms with Crippen LogP contribution in [0.2, 0.25) is 0 Å². The zero-order chi connectivity index (χ0) is 21.0. The van der Waals surface area contributed by atoms with E-state index in [0.29, 0.717) is 17.7 Å². The molecule has 1 N–H and O–H groups in total. The maximum absolute atomic E-state index is 12.9. The van der Waals surface area contributed by atoms with Gasteiger partial charge >= 0.3 is 0 Å². The molecule has 1 heterocycles. The van der Waals surface area contributed by atoms with E-state index in [2.05, 4.69) is 10.2 Å². The van der Waals surface area contributed by atoms with E-state index in [-0.39, 0.29) is 23.2 Å². The molecule has 0 saturated carbocycles. The van der Waals surface area contributed by atoms with E-state index in [0.717, 1.165) is 11.1 Å². The Morgan fingerprint density at radius 2 is 1.69 bits per heavy atom. The molecule has 3 rings (SSSR count). The van der Waals surface area contributed by atoms with E-state index in [1.54, 1.807) is 13.8 Å². The number of nitrogens with zero attached hydrogens (tertiary/aromatic N) is 4. The average Bonchev–Trinajstić information content (AvgIpc) is 2.74. The lowest BCUT2D eigenvalue weighted by Crippen LogP contribution is -2.24. The Labute approximate surface area is 169 Å². The summed E-state index contributed by atoms with van der Waals surface area (Å²) in [6.45, 7) is 5.30. The summed E-state index contributed by atoms with van der Waals surface area (Å²) in [5, 5.41) is 28.1. The first-order chi connectivity index (χ1) is 14.0. The third kappa shape index (κ3) is 3.94. The van der Waals surface area contributed by atoms with Gasteiger partial charge < -0.3 is 5.11 Å². The molecule has 0 aliphatic carbocycles. The molecule has 0 radical (unpaired) electrons. The van der Waals surface area contributed by atoms with Gasteiger partial charge in [0.05, 0.1) is 5.69 Å². The van der Waals surface area contributed by atoms with Gasteiger partial charge in [0.15, 0.2) is 5.69 Å². The Hall–Kier alpha value is -3.72. The maximum atomic E-state index is 12.9. The van der Waals surface area contributed by atoms with Crippen molar-refractivity contribution in [2.24, 2.45) is 10.2 Å². The molecule has 1 atom stereocenters. The lowest BCUT2D eigenvalue weighted by atomic mass is 10.1. The number of azo groups is 1. The summed E-state index contributed by atoms with van der Waals surface area (Å²) in [6, 6.07) is 19.2. The van der Waals surface area contributed by atoms with Crippen molar-refractivity contribution in [3.8, 4) is 23.1 Å². The number of hydrogen-bond acceptors (Lipinski definition) is 5. The number of aromatic hydroxyl groups is 1. The number of nitriles is 1. The predicted octanol–water partition coefficient (Wildman–Crippen LogP) is 5.79. The van der Waals surface area contributed by atoms with E-state index < -0.39 is 5.56 Å². The van der Waals surface area contributed by atoms with Crippen LogP contribution >= 0.6 is 0 Å². The van der Waals surface area contributed by atoms with Crippen molar-refractivity contribution in [3.05, 3.63) is 76.1 Å². The molecule has 6 nitrogen and oxygen atoms in total. The smallest absolute Gasteiger partial charge is 0.281 e. The van der Waals surface area contributed by atoms with Crippen LogP contribution in [0.3, 0.4) is 0 Å². The molecule has 29 heavy (non-hydrogen) atoms. The van der Waals surface area contributed by atoms with E-state index >= 15 is 0 Å². The quantitative estimate of drug-likeness (QED) is 0.563. The number of hydrogen-bond donors (Lipinski definition) is 1. The summed E-state index contributed by atoms with van der Waals surface area (Å²) in [6.07, 6.45) is 0.624. The van der Waals surface area contributed by atoms with Crippen molar-refractivity contribution in [3.63, 3.8) is 0 Å². The van der Waals surface area contributed by atoms with Gasteiger partial charge in [-0.1, -0.05) is 49.4 Å². The molecule has 3 aromatic rings. The van der Waals surface area contributed by atoms with Crippen LogP contribution in [0, 0.1) is 18.3 Å². The van der Waals surface area contributed by atoms with Crippen molar-refractivity contribution in [2.45, 2.75) is 33.2 Å². The Bertz CT molecular complexity index is 1140. The summed E-state index contributed by atoms with van der Waals surface area (Å²) in [5.74, 6) is -0.324. The first-order valence-electron chi connectivity index (χ1n) is 9.43. The van der Waals surface area contributed by atoms with E-state index in [1.807, 2.05) is 67.6 Å². The second-order valence-electron chi connectivity index (χ2n) is 6.83. The third-order valence-electron chi connectivity index (χ3n) is 4.99. The normalized spacial score (nSPS) is 12.1. The minimum absolute atomic E-state index is 0.0401. The highest BCUT2D eigenvalue weighted by molar-refractivity contribution is 5.65. The predicted molar refractivity (Wildman–Crippen MR) is 113 cm³/mol. The lowest BCUT2D eigenvalue weighted by molar-refractivity contribution is 0.372. The lowest BCUT2D eigenvalue weighted by Gasteiger charge is -2.17. The molecule has 1 unspecified atom stereocenters. The first-order valence-corrected chi connectivity index (χ1v) is 9.43. The minimum Gasteiger partial charge on any atom is -0.493 e. The summed E-state index contributed by atoms with van der Waals surface area (Å²) >= 11 is 0. The summed E-state index contributed by atoms with van der Waals surface area (Å²) in [4.78, 5) is 12.9. The number of aromatic nitrogens is 1. The molecular formula is C23H22N4O2. The Morgan fingerprint density at radius 3 is 2.28 bits per heavy atom. The van der Waals surface area contributed by atoms with E-state index in [1.165, 1.54) is 4.57 Å². The van der Waals surface area contributed by atoms with Gasteiger partial charge in [0.25, 0.3) is 5.56 Å². The molecule has 0 aliphatic heterocycles. The molecule has 0 fully saturated rings. The van der Waals surface area contributed by atoms with Gasteiger partial charge in [-0.3, -0.25) is 9.36 Å². The summed E-state index contributed by atoms with van der Waals surface area (Å²) in [5.41, 5.74) is 2.70. The van der Waals surface area contributed by atoms with Crippen LogP contribution in [0.5, 0.6) is 5.88 Å². The Kier molecular flexibility index (Phi) is 5.89. The second kappa shape index (κ2) is 8.53. The molecule has 2 aromatic carbocycles. The zero-order valence-corrected chi connectivity index (χ0v) is 16.6. The molecule has 0 saturated heterocycles. The standard InChI is InChI=1S/C23H22N4O2/c1-4-15(2)27-22(28)20(14-24)16(3)21(23(27)29)26-25-19-12-10-18(11-13-19)17-8-6-5-7-9-17/h5-13,15,28H,4H2,1-3H3. The van der Waals surface area contributed by atoms with Crippen LogP contribution in [0.25, 0.3) is 11.1 Å². The highest BCUT2D eigenvalue weighted by Gasteiger charge is 2.21. The second-order valence-corrected chi connectivity index (χ2v) is 6.83. The van der Waals surface area contributed by atoms with Gasteiger partial charge in [0.1, 0.15) is 11.6 Å². The van der Waals surface area contributed by atoms with Crippen LogP contribution < -0.4 is 5.56 Å². The molecule has 0 amide bonds. The zero-order valence-electron chi connectivity index (χ0n) is 16.6. The Balaban J connectivity index is 2.01. The highest BCUT2D eigenvalue weighted by Crippen LogP contribution is 2.30. The van der Waals surface area contributed by atoms with E-state index in [4.69, 9.17) is 0 Å². The SMILES string of the molecule is CCC(C)n1c(O)c(C#N)c(C)c(N=Nc2ccc(-c3ccccc3)cc2)c1=O. The van der Waals surface area contributed by atoms with Gasteiger partial charge in [0, 0.05) is 11.6 Å². The molecular weight excluding hydrogens is 364 g/mol. The molecule has 1 aromatic heterocycles. The topological polar surface area (TPSA) is 90.7 Å². The van der Waals surface area contributed by atoms with Crippen LogP contribution in [0.15, 0.2) is 69.6 Å². The van der Waals surface area contributed by atoms with Gasteiger partial charge in [0.2, 0.25) is 5.88 Å². The van der Waals surface area contributed by atoms with Crippen LogP contribution in [0.1, 0.15) is 37.4 Å². The Morgan fingerprint density at radius 1 is 1.07 bits per heavy atom. The largest absolute Gasteiger partial charge is 0.493 e. The highest BCUT2D eigenvalue weighted by atomic mass is 16.3. The fourth-order valence-corrected chi connectivity index (χ4v) is 3.08. The van der Waals surface area contributed by atoms with Crippen molar-refractivity contribution in [1.29, 1.82) is 5.26 Å². The van der Waals surface area contributed by atoms with Crippen molar-refractivity contribution in [2.75, 3.05) is 0 Å². The number of benzene rings is 2. The molecule has 0 aliphatic rings. The van der Waals surface area contributed by atoms with Crippen LogP contribution in [-0.4, -0.2) is 9.67 Å². The molecule has 0 bridgehead atoms. The van der Waals surface area contributed by atoms with Crippen LogP contribution in [0.4, 0.5) is 11.4 Å². The fraction of sp³-hybridized carbons (Fsp3) is 0.217. The first kappa shape index (κ1) is 20.0. The van der Waals surface area contributed by atoms with Gasteiger partial charge in [-0.2, -0.15) is 10.4 Å². The van der Waals surface area contributed by atoms with Crippen molar-refractivity contribution < 1.29 is 5.11 Å². The average molecular weight is 386 g/mol. The van der Waals surface area contributed by atoms with Crippen molar-refractivity contribution in [1.82, 2.24) is 4.57 Å². The third-order valence-corrected chi connectivity index (χ3v) is 4.99. The van der Waals surface area contributed by atoms with Crippen LogP contribution in [-0.2, 0) is 0 Å². The fourth-order valence-electron chi connectivity index (χ4n) is 3.08. The summed E-state index contributed by atoms with van der Waals surface area (Å²) in [7, 11) is 0. The van der Waals surface area contributed by atoms with E-state index in [9.17, 15) is 15.2 Å². The monoisotopic (exact) mass is 386 g/mol. The number of rotatable bonds is 5. The molecule has 6 heteroatoms. The minimum atomic E-state index is -0.460. The van der Waals surface area contributed by atoms with Crippen molar-refractivity contribution >= 4 is 11.4 Å². The molecule has 0 spiro atoms. The molecule has 146 valence electrons. The van der Waals surface area contributed by atoms with Gasteiger partial charge in [-0.05, 0) is 43.5 Å². The van der Waals surface area contributed by atoms with Gasteiger partial charge in [-0.15, -0.1) is 5.11 Å². The van der Waals surface area contributed by atoms with Gasteiger partial charge in [-0.25, -0.2) is 0 Å². The maximum Gasteiger partial charge on any atom is 0.281 e. The number of pyridine rings is 1. The summed E-state index contributed by atoms with van der Waals surface area (Å²) < 4.78 is 1.21.